The van der Waals surface area contributed by atoms with Crippen molar-refractivity contribution < 1.29 is 18.7 Å². The number of aromatic nitrogens is 1. The summed E-state index contributed by atoms with van der Waals surface area (Å²) < 4.78 is 27.7. The molecule has 0 aliphatic heterocycles. The van der Waals surface area contributed by atoms with Gasteiger partial charge in [0.1, 0.15) is 34.5 Å². The number of amides is 1. The first kappa shape index (κ1) is 32.9. The van der Waals surface area contributed by atoms with E-state index in [1.54, 1.807) is 31.4 Å². The largest absolute Gasteiger partial charge is 0.497 e. The number of hydrogen-bond donors (Lipinski definition) is 2. The van der Waals surface area contributed by atoms with Crippen molar-refractivity contribution in [3.05, 3.63) is 104 Å². The molecule has 1 heterocycles. The molecule has 0 fully saturated rings. The van der Waals surface area contributed by atoms with E-state index in [9.17, 15) is 14.0 Å². The number of carbonyl (C=O) groups excluding carboxylic acids is 1. The predicted molar refractivity (Wildman–Crippen MR) is 165 cm³/mol. The van der Waals surface area contributed by atoms with E-state index in [-0.39, 0.29) is 29.4 Å². The van der Waals surface area contributed by atoms with Gasteiger partial charge in [0.05, 0.1) is 12.8 Å². The summed E-state index contributed by atoms with van der Waals surface area (Å²) in [5, 5.41) is 5.89. The van der Waals surface area contributed by atoms with Gasteiger partial charge in [-0.1, -0.05) is 45.0 Å². The van der Waals surface area contributed by atoms with E-state index in [0.717, 1.165) is 22.3 Å². The Morgan fingerprint density at radius 1 is 1.02 bits per heavy atom. The summed E-state index contributed by atoms with van der Waals surface area (Å²) in [6, 6.07) is 13.4. The molecule has 41 heavy (non-hydrogen) atoms. The molecular formula is C33H42FN3O4. The molecule has 0 aliphatic rings. The topological polar surface area (TPSA) is 81.6 Å². The lowest BCUT2D eigenvalue weighted by Gasteiger charge is -2.21. The molecule has 3 rings (SSSR count). The number of hydrogen-bond acceptors (Lipinski definition) is 5. The predicted octanol–water partition coefficient (Wildman–Crippen LogP) is 7.43. The zero-order valence-electron chi connectivity index (χ0n) is 25.6. The number of pyridine rings is 1. The van der Waals surface area contributed by atoms with Crippen molar-refractivity contribution in [3.8, 4) is 11.5 Å². The Bertz CT molecular complexity index is 1470. The average Bonchev–Trinajstić information content (AvgIpc) is 2.98. The molecule has 0 radical (unpaired) electrons. The van der Waals surface area contributed by atoms with E-state index in [1.165, 1.54) is 23.7 Å². The number of rotatable bonds is 10. The number of benzene rings is 2. The number of ether oxygens (including phenoxy) is 2. The smallest absolute Gasteiger partial charge is 0.259 e. The Labute approximate surface area is 242 Å². The molecular weight excluding hydrogens is 521 g/mol. The van der Waals surface area contributed by atoms with Crippen molar-refractivity contribution >= 4 is 17.4 Å². The Balaban J connectivity index is 0.00000287. The van der Waals surface area contributed by atoms with Crippen LogP contribution in [0.2, 0.25) is 0 Å². The molecule has 220 valence electrons. The number of nitrogens with one attached hydrogen (secondary N) is 2. The molecule has 1 aromatic heterocycles. The fourth-order valence-electron chi connectivity index (χ4n) is 3.96. The van der Waals surface area contributed by atoms with Crippen molar-refractivity contribution in [2.45, 2.75) is 61.4 Å². The zero-order valence-corrected chi connectivity index (χ0v) is 25.6. The van der Waals surface area contributed by atoms with Gasteiger partial charge in [0.25, 0.3) is 11.5 Å². The van der Waals surface area contributed by atoms with Crippen molar-refractivity contribution in [2.24, 2.45) is 7.05 Å². The Kier molecular flexibility index (Phi) is 12.4. The molecule has 0 aliphatic carbocycles. The SMILES string of the molecule is C/C=C(/C)C(Oc1cc(=O)n(C)c(Nc2ccc(CC)cc2F)c1C(=O)NCc1ccc(OC)cc1)=C(C)C.CC. The second kappa shape index (κ2) is 15.5. The maximum Gasteiger partial charge on any atom is 0.259 e. The van der Waals surface area contributed by atoms with E-state index in [4.69, 9.17) is 9.47 Å². The third kappa shape index (κ3) is 8.33. The maximum atomic E-state index is 15.0. The average molecular weight is 564 g/mol. The lowest BCUT2D eigenvalue weighted by molar-refractivity contribution is 0.0948. The van der Waals surface area contributed by atoms with Crippen LogP contribution in [-0.4, -0.2) is 17.6 Å². The Morgan fingerprint density at radius 3 is 2.20 bits per heavy atom. The first-order valence-electron chi connectivity index (χ1n) is 13.8. The molecule has 8 heteroatoms. The lowest BCUT2D eigenvalue weighted by Crippen LogP contribution is -2.29. The standard InChI is InChI=1S/C31H36FN3O4.C2H6/c1-8-20(5)29(19(3)4)39-26-17-27(36)35(6)30(34-25-15-12-21(9-2)16-24(25)32)28(26)31(37)33-18-22-10-13-23(38-7)14-11-22;1-2/h8,10-17,34H,9,18H2,1-7H3,(H,33,37);1-2H3/b20-8-;. The summed E-state index contributed by atoms with van der Waals surface area (Å²) in [6.07, 6.45) is 2.56. The van der Waals surface area contributed by atoms with Gasteiger partial charge in [-0.05, 0) is 80.7 Å². The Hall–Kier alpha value is -4.33. The fraction of sp³-hybridized carbons (Fsp3) is 0.333. The van der Waals surface area contributed by atoms with Crippen molar-refractivity contribution in [1.82, 2.24) is 9.88 Å². The molecule has 2 aromatic carbocycles. The van der Waals surface area contributed by atoms with Gasteiger partial charge in [0.15, 0.2) is 0 Å². The van der Waals surface area contributed by atoms with Crippen LogP contribution in [0.25, 0.3) is 0 Å². The summed E-state index contributed by atoms with van der Waals surface area (Å²) in [7, 11) is 3.10. The summed E-state index contributed by atoms with van der Waals surface area (Å²) in [5.74, 6) is 0.438. The van der Waals surface area contributed by atoms with Crippen LogP contribution in [0, 0.1) is 5.82 Å². The van der Waals surface area contributed by atoms with Gasteiger partial charge in [-0.3, -0.25) is 14.2 Å². The molecule has 2 N–H and O–H groups in total. The minimum absolute atomic E-state index is 0.0656. The molecule has 0 unspecified atom stereocenters. The van der Waals surface area contributed by atoms with Gasteiger partial charge >= 0.3 is 0 Å². The van der Waals surface area contributed by atoms with Crippen molar-refractivity contribution in [1.29, 1.82) is 0 Å². The summed E-state index contributed by atoms with van der Waals surface area (Å²) >= 11 is 0. The number of anilines is 2. The van der Waals surface area contributed by atoms with Crippen LogP contribution < -0.4 is 25.7 Å². The third-order valence-corrected chi connectivity index (χ3v) is 6.40. The highest BCUT2D eigenvalue weighted by Crippen LogP contribution is 2.31. The Morgan fingerprint density at radius 2 is 1.66 bits per heavy atom. The maximum absolute atomic E-state index is 15.0. The molecule has 0 saturated heterocycles. The van der Waals surface area contributed by atoms with Gasteiger partial charge in [-0.15, -0.1) is 0 Å². The normalized spacial score (nSPS) is 10.7. The van der Waals surface area contributed by atoms with Crippen LogP contribution in [0.15, 0.2) is 76.3 Å². The van der Waals surface area contributed by atoms with Crippen LogP contribution in [0.3, 0.4) is 0 Å². The van der Waals surface area contributed by atoms with E-state index in [1.807, 2.05) is 66.7 Å². The quantitative estimate of drug-likeness (QED) is 0.198. The zero-order chi connectivity index (χ0) is 30.7. The van der Waals surface area contributed by atoms with Crippen LogP contribution in [0.5, 0.6) is 11.5 Å². The van der Waals surface area contributed by atoms with Crippen LogP contribution >= 0.6 is 0 Å². The van der Waals surface area contributed by atoms with E-state index in [0.29, 0.717) is 17.9 Å². The molecule has 1 amide bonds. The molecule has 0 saturated carbocycles. The number of halogens is 1. The minimum atomic E-state index is -0.493. The number of nitrogens with zero attached hydrogens (tertiary/aromatic N) is 1. The molecule has 0 spiro atoms. The van der Waals surface area contributed by atoms with Gasteiger partial charge < -0.3 is 20.1 Å². The summed E-state index contributed by atoms with van der Waals surface area (Å²) in [6.45, 7) is 13.7. The number of allylic oxidation sites excluding steroid dienone is 3. The number of methoxy groups -OCH3 is 1. The highest BCUT2D eigenvalue weighted by molar-refractivity contribution is 6.02. The highest BCUT2D eigenvalue weighted by atomic mass is 19.1. The first-order valence-corrected chi connectivity index (χ1v) is 13.8. The summed E-state index contributed by atoms with van der Waals surface area (Å²) in [4.78, 5) is 26.7. The fourth-order valence-corrected chi connectivity index (χ4v) is 3.96. The molecule has 0 atom stereocenters. The van der Waals surface area contributed by atoms with Gasteiger partial charge in [0.2, 0.25) is 0 Å². The van der Waals surface area contributed by atoms with Crippen LogP contribution in [-0.2, 0) is 20.0 Å². The van der Waals surface area contributed by atoms with Gasteiger partial charge in [0, 0.05) is 19.7 Å². The number of carbonyl (C=O) groups is 1. The van der Waals surface area contributed by atoms with Gasteiger partial charge in [-0.25, -0.2) is 4.39 Å². The molecule has 7 nitrogen and oxygen atoms in total. The van der Waals surface area contributed by atoms with Crippen LogP contribution in [0.4, 0.5) is 15.9 Å². The second-order valence-corrected chi connectivity index (χ2v) is 9.36. The highest BCUT2D eigenvalue weighted by Gasteiger charge is 2.24. The number of aryl methyl sites for hydroxylation is 1. The van der Waals surface area contributed by atoms with Crippen LogP contribution in [0.1, 0.15) is 70.0 Å². The van der Waals surface area contributed by atoms with Crippen molar-refractivity contribution in [2.75, 3.05) is 12.4 Å². The lowest BCUT2D eigenvalue weighted by atomic mass is 10.1. The van der Waals surface area contributed by atoms with E-state index in [2.05, 4.69) is 10.6 Å². The molecule has 0 bridgehead atoms. The first-order chi connectivity index (χ1) is 19.6. The van der Waals surface area contributed by atoms with E-state index >= 15 is 0 Å². The third-order valence-electron chi connectivity index (χ3n) is 6.40. The second-order valence-electron chi connectivity index (χ2n) is 9.36. The monoisotopic (exact) mass is 563 g/mol. The summed E-state index contributed by atoms with van der Waals surface area (Å²) in [5.41, 5.74) is 3.18. The van der Waals surface area contributed by atoms with Crippen molar-refractivity contribution in [3.63, 3.8) is 0 Å². The van der Waals surface area contributed by atoms with E-state index < -0.39 is 17.3 Å². The molecule has 3 aromatic rings. The minimum Gasteiger partial charge on any atom is -0.497 e. The van der Waals surface area contributed by atoms with Gasteiger partial charge in [-0.2, -0.15) is 0 Å².